The summed E-state index contributed by atoms with van der Waals surface area (Å²) in [6, 6.07) is 3.72. The number of hydrogen-bond acceptors (Lipinski definition) is 2. The topological polar surface area (TPSA) is 43.1 Å². The van der Waals surface area contributed by atoms with E-state index in [1.807, 2.05) is 13.0 Å². The van der Waals surface area contributed by atoms with Crippen molar-refractivity contribution in [1.29, 1.82) is 0 Å². The Morgan fingerprint density at radius 1 is 1.62 bits per heavy atom. The highest BCUT2D eigenvalue weighted by atomic mass is 16.1. The lowest BCUT2D eigenvalue weighted by Crippen LogP contribution is -2.06. The van der Waals surface area contributed by atoms with Crippen LogP contribution in [0.3, 0.4) is 0 Å². The van der Waals surface area contributed by atoms with Crippen molar-refractivity contribution < 1.29 is 4.79 Å². The van der Waals surface area contributed by atoms with E-state index in [0.29, 0.717) is 12.1 Å². The molecule has 0 heterocycles. The molecule has 1 aromatic carbocycles. The first-order chi connectivity index (χ1) is 7.67. The van der Waals surface area contributed by atoms with Crippen LogP contribution in [0.25, 0.3) is 6.08 Å². The van der Waals surface area contributed by atoms with E-state index in [1.165, 1.54) is 0 Å². The second-order valence-electron chi connectivity index (χ2n) is 3.45. The number of benzene rings is 1. The molecule has 82 valence electrons. The van der Waals surface area contributed by atoms with E-state index in [2.05, 4.69) is 12.5 Å². The predicted octanol–water partition coefficient (Wildman–Crippen LogP) is 2.17. The number of terminal acetylenes is 1. The molecule has 0 bridgehead atoms. The quantitative estimate of drug-likeness (QED) is 0.473. The van der Waals surface area contributed by atoms with Crippen LogP contribution in [0.4, 0.5) is 0 Å². The molecule has 0 aliphatic heterocycles. The van der Waals surface area contributed by atoms with Gasteiger partial charge in [-0.05, 0) is 35.1 Å². The second-order valence-corrected chi connectivity index (χ2v) is 3.45. The first-order valence-corrected chi connectivity index (χ1v) is 5.17. The first-order valence-electron chi connectivity index (χ1n) is 5.17. The molecular formula is C14H15NO. The zero-order chi connectivity index (χ0) is 12.1. The van der Waals surface area contributed by atoms with E-state index in [-0.39, 0.29) is 5.78 Å². The zero-order valence-corrected chi connectivity index (χ0v) is 9.42. The monoisotopic (exact) mass is 213 g/mol. The molecule has 1 aromatic rings. The van der Waals surface area contributed by atoms with Crippen molar-refractivity contribution >= 4 is 11.9 Å². The smallest absolute Gasteiger partial charge is 0.235 e. The molecule has 2 nitrogen and oxygen atoms in total. The van der Waals surface area contributed by atoms with Crippen molar-refractivity contribution in [3.8, 4) is 12.3 Å². The molecule has 1 rings (SSSR count). The lowest BCUT2D eigenvalue weighted by Gasteiger charge is -2.11. The average Bonchev–Trinajstić information content (AvgIpc) is 2.35. The van der Waals surface area contributed by atoms with Crippen LogP contribution >= 0.6 is 0 Å². The van der Waals surface area contributed by atoms with Gasteiger partial charge in [0.1, 0.15) is 0 Å². The van der Waals surface area contributed by atoms with Gasteiger partial charge in [0.05, 0.1) is 0 Å². The van der Waals surface area contributed by atoms with E-state index < -0.39 is 0 Å². The molecule has 0 amide bonds. The van der Waals surface area contributed by atoms with Crippen molar-refractivity contribution in [2.45, 2.75) is 19.9 Å². The molecule has 0 aromatic heterocycles. The first kappa shape index (κ1) is 12.2. The van der Waals surface area contributed by atoms with E-state index in [4.69, 9.17) is 12.2 Å². The van der Waals surface area contributed by atoms with Gasteiger partial charge in [0.25, 0.3) is 0 Å². The highest BCUT2D eigenvalue weighted by molar-refractivity contribution is 6.10. The van der Waals surface area contributed by atoms with Crippen LogP contribution in [0.15, 0.2) is 18.7 Å². The molecular weight excluding hydrogens is 198 g/mol. The molecule has 0 saturated carbocycles. The normalized spacial score (nSPS) is 9.56. The predicted molar refractivity (Wildman–Crippen MR) is 67.0 cm³/mol. The van der Waals surface area contributed by atoms with Crippen LogP contribution < -0.4 is 5.73 Å². The maximum atomic E-state index is 11.6. The highest BCUT2D eigenvalue weighted by Crippen LogP contribution is 2.20. The largest absolute Gasteiger partial charge is 0.326 e. The molecule has 0 aliphatic rings. The summed E-state index contributed by atoms with van der Waals surface area (Å²) in [7, 11) is 0. The maximum absolute atomic E-state index is 11.6. The maximum Gasteiger partial charge on any atom is 0.235 e. The second kappa shape index (κ2) is 5.29. The van der Waals surface area contributed by atoms with Crippen molar-refractivity contribution in [2.24, 2.45) is 5.73 Å². The van der Waals surface area contributed by atoms with Crippen molar-refractivity contribution in [3.63, 3.8) is 0 Å². The van der Waals surface area contributed by atoms with Gasteiger partial charge in [0, 0.05) is 12.1 Å². The number of Topliss-reactive ketones (excluding diaryl/α,β-unsaturated/α-hetero) is 1. The Balaban J connectivity index is 3.50. The Labute approximate surface area is 96.2 Å². The Morgan fingerprint density at radius 3 is 2.75 bits per heavy atom. The van der Waals surface area contributed by atoms with Gasteiger partial charge in [0.2, 0.25) is 5.78 Å². The van der Waals surface area contributed by atoms with Crippen LogP contribution in [0.2, 0.25) is 0 Å². The van der Waals surface area contributed by atoms with Crippen molar-refractivity contribution in [3.05, 3.63) is 41.0 Å². The number of nitrogens with two attached hydrogens (primary N) is 1. The summed E-state index contributed by atoms with van der Waals surface area (Å²) < 4.78 is 0. The molecule has 2 N–H and O–H groups in total. The number of carbonyl (C=O) groups excluding carboxylic acids is 1. The highest BCUT2D eigenvalue weighted by Gasteiger charge is 2.12. The number of carbonyl (C=O) groups is 1. The minimum Gasteiger partial charge on any atom is -0.326 e. The molecule has 0 radical (unpaired) electrons. The molecule has 16 heavy (non-hydrogen) atoms. The third kappa shape index (κ3) is 2.21. The third-order valence-electron chi connectivity index (χ3n) is 2.53. The van der Waals surface area contributed by atoms with E-state index in [9.17, 15) is 4.79 Å². The van der Waals surface area contributed by atoms with Crippen molar-refractivity contribution in [1.82, 2.24) is 0 Å². The Bertz CT molecular complexity index is 466. The summed E-state index contributed by atoms with van der Waals surface area (Å²) in [5.41, 5.74) is 8.92. The molecule has 0 atom stereocenters. The zero-order valence-electron chi connectivity index (χ0n) is 9.42. The molecule has 0 unspecified atom stereocenters. The molecule has 0 spiro atoms. The summed E-state index contributed by atoms with van der Waals surface area (Å²) in [6.45, 7) is 6.11. The Kier molecular flexibility index (Phi) is 4.04. The van der Waals surface area contributed by atoms with Gasteiger partial charge in [-0.3, -0.25) is 4.79 Å². The fraction of sp³-hybridized carbons (Fsp3) is 0.214. The van der Waals surface area contributed by atoms with Crippen LogP contribution in [-0.2, 0) is 13.0 Å². The molecule has 0 saturated heterocycles. The van der Waals surface area contributed by atoms with Crippen molar-refractivity contribution in [2.75, 3.05) is 0 Å². The van der Waals surface area contributed by atoms with Crippen LogP contribution in [-0.4, -0.2) is 5.78 Å². The summed E-state index contributed by atoms with van der Waals surface area (Å²) >= 11 is 0. The SMILES string of the molecule is C#CC(=O)c1cc(CN)cc(C=C)c1CC. The van der Waals surface area contributed by atoms with Gasteiger partial charge < -0.3 is 5.73 Å². The molecule has 0 aliphatic carbocycles. The lowest BCUT2D eigenvalue weighted by molar-refractivity contribution is 0.105. The summed E-state index contributed by atoms with van der Waals surface area (Å²) in [5.74, 6) is 1.85. The van der Waals surface area contributed by atoms with Crippen LogP contribution in [0.1, 0.15) is 34.0 Å². The van der Waals surface area contributed by atoms with Gasteiger partial charge in [0.15, 0.2) is 0 Å². The van der Waals surface area contributed by atoms with Gasteiger partial charge >= 0.3 is 0 Å². The fourth-order valence-electron chi connectivity index (χ4n) is 1.73. The number of ketones is 1. The van der Waals surface area contributed by atoms with Gasteiger partial charge in [-0.25, -0.2) is 0 Å². The third-order valence-corrected chi connectivity index (χ3v) is 2.53. The number of hydrogen-bond donors (Lipinski definition) is 1. The Hall–Kier alpha value is -1.85. The fourth-order valence-corrected chi connectivity index (χ4v) is 1.73. The average molecular weight is 213 g/mol. The minimum absolute atomic E-state index is 0.296. The van der Waals surface area contributed by atoms with Gasteiger partial charge in [-0.1, -0.05) is 25.6 Å². The number of rotatable bonds is 4. The van der Waals surface area contributed by atoms with Crippen LogP contribution in [0.5, 0.6) is 0 Å². The molecule has 0 fully saturated rings. The van der Waals surface area contributed by atoms with Crippen LogP contribution in [0, 0.1) is 12.3 Å². The lowest BCUT2D eigenvalue weighted by atomic mass is 9.93. The van der Waals surface area contributed by atoms with Gasteiger partial charge in [-0.2, -0.15) is 0 Å². The summed E-state index contributed by atoms with van der Waals surface area (Å²) in [6.07, 6.45) is 7.63. The Morgan fingerprint density at radius 2 is 2.31 bits per heavy atom. The molecule has 2 heteroatoms. The van der Waals surface area contributed by atoms with E-state index in [0.717, 1.165) is 23.1 Å². The van der Waals surface area contributed by atoms with E-state index >= 15 is 0 Å². The summed E-state index contributed by atoms with van der Waals surface area (Å²) in [5, 5.41) is 0. The minimum atomic E-state index is -0.296. The van der Waals surface area contributed by atoms with E-state index in [1.54, 1.807) is 12.1 Å². The van der Waals surface area contributed by atoms with Gasteiger partial charge in [-0.15, -0.1) is 6.42 Å². The summed E-state index contributed by atoms with van der Waals surface area (Å²) in [4.78, 5) is 11.6. The standard InChI is InChI=1S/C14H15NO/c1-4-11-7-10(9-15)8-13(12(11)5-2)14(16)6-3/h3-4,7-8H,1,5,9,15H2,2H3.